The van der Waals surface area contributed by atoms with Crippen molar-refractivity contribution in [2.75, 3.05) is 5.75 Å². The summed E-state index contributed by atoms with van der Waals surface area (Å²) in [5.41, 5.74) is -0.647. The van der Waals surface area contributed by atoms with Gasteiger partial charge in [0.1, 0.15) is 4.21 Å². The second-order valence-corrected chi connectivity index (χ2v) is 8.41. The number of alkyl halides is 3. The minimum absolute atomic E-state index is 0.0575. The van der Waals surface area contributed by atoms with Crippen molar-refractivity contribution in [3.05, 3.63) is 52.4 Å². The number of sulfone groups is 1. The first-order valence-corrected chi connectivity index (χ1v) is 9.48. The maximum absolute atomic E-state index is 12.7. The van der Waals surface area contributed by atoms with Gasteiger partial charge in [-0.25, -0.2) is 13.2 Å². The Kier molecular flexibility index (Phi) is 4.41. The van der Waals surface area contributed by atoms with Crippen LogP contribution in [0.1, 0.15) is 27.9 Å². The first-order chi connectivity index (χ1) is 11.7. The lowest BCUT2D eigenvalue weighted by Gasteiger charge is -2.13. The Labute approximate surface area is 144 Å². The molecule has 0 saturated heterocycles. The summed E-state index contributed by atoms with van der Waals surface area (Å²) < 4.78 is 62.0. The van der Waals surface area contributed by atoms with E-state index < -0.39 is 27.5 Å². The van der Waals surface area contributed by atoms with Gasteiger partial charge in [0.2, 0.25) is 0 Å². The van der Waals surface area contributed by atoms with Gasteiger partial charge in [-0.2, -0.15) is 13.2 Å². The van der Waals surface area contributed by atoms with Crippen molar-refractivity contribution in [1.82, 2.24) is 0 Å². The summed E-state index contributed by atoms with van der Waals surface area (Å²) >= 11 is 1.04. The zero-order valence-corrected chi connectivity index (χ0v) is 14.0. The quantitative estimate of drug-likeness (QED) is 0.582. The summed E-state index contributed by atoms with van der Waals surface area (Å²) in [7, 11) is -3.37. The van der Waals surface area contributed by atoms with Gasteiger partial charge in [-0.05, 0) is 29.6 Å². The van der Waals surface area contributed by atoms with Crippen LogP contribution in [-0.2, 0) is 20.9 Å². The van der Waals surface area contributed by atoms with Crippen LogP contribution in [0.15, 0.2) is 45.1 Å². The van der Waals surface area contributed by atoms with Crippen molar-refractivity contribution < 1.29 is 31.2 Å². The summed E-state index contributed by atoms with van der Waals surface area (Å²) in [4.78, 5) is 16.7. The van der Waals surface area contributed by atoms with Gasteiger partial charge in [0.15, 0.2) is 9.84 Å². The number of halogens is 3. The monoisotopic (exact) mass is 389 g/mol. The number of benzene rings is 1. The van der Waals surface area contributed by atoms with Crippen LogP contribution in [-0.4, -0.2) is 25.9 Å². The predicted molar refractivity (Wildman–Crippen MR) is 84.4 cm³/mol. The van der Waals surface area contributed by atoms with Crippen LogP contribution in [0.25, 0.3) is 0 Å². The fourth-order valence-corrected chi connectivity index (χ4v) is 5.09. The second kappa shape index (κ2) is 6.26. The lowest BCUT2D eigenvalue weighted by molar-refractivity contribution is -0.137. The molecule has 0 aliphatic carbocycles. The first kappa shape index (κ1) is 17.6. The second-order valence-electron chi connectivity index (χ2n) is 5.19. The third kappa shape index (κ3) is 3.59. The minimum atomic E-state index is -4.58. The van der Waals surface area contributed by atoms with E-state index in [2.05, 4.69) is 5.16 Å². The standard InChI is InChI=1S/C15H10F3NO4S2/c16-15(17,18)10-3-1-2-9(8-10)13(20)23-19-12-5-7-25(21,22)14-11(12)4-6-24-14/h1-4,6,8H,5,7H2/b19-12+. The molecule has 3 rings (SSSR count). The maximum Gasteiger partial charge on any atom is 0.416 e. The molecule has 5 nitrogen and oxygen atoms in total. The number of fused-ring (bicyclic) bond motifs is 1. The van der Waals surface area contributed by atoms with Gasteiger partial charge in [0.05, 0.1) is 22.6 Å². The lowest BCUT2D eigenvalue weighted by Crippen LogP contribution is -2.20. The van der Waals surface area contributed by atoms with Crippen LogP contribution in [0.3, 0.4) is 0 Å². The molecule has 0 N–H and O–H groups in total. The highest BCUT2D eigenvalue weighted by atomic mass is 32.2. The Bertz CT molecular complexity index is 961. The molecule has 1 aromatic carbocycles. The van der Waals surface area contributed by atoms with Crippen molar-refractivity contribution in [3.63, 3.8) is 0 Å². The van der Waals surface area contributed by atoms with Gasteiger partial charge in [-0.15, -0.1) is 11.3 Å². The van der Waals surface area contributed by atoms with E-state index in [9.17, 15) is 26.4 Å². The predicted octanol–water partition coefficient (Wildman–Crippen LogP) is 3.51. The van der Waals surface area contributed by atoms with Crippen LogP contribution in [0.5, 0.6) is 0 Å². The molecule has 0 unspecified atom stereocenters. The van der Waals surface area contributed by atoms with Crippen molar-refractivity contribution in [1.29, 1.82) is 0 Å². The van der Waals surface area contributed by atoms with Crippen molar-refractivity contribution in [3.8, 4) is 0 Å². The van der Waals surface area contributed by atoms with Crippen LogP contribution in [0.4, 0.5) is 13.2 Å². The van der Waals surface area contributed by atoms with Gasteiger partial charge >= 0.3 is 12.1 Å². The molecule has 10 heteroatoms. The first-order valence-electron chi connectivity index (χ1n) is 6.94. The van der Waals surface area contributed by atoms with Gasteiger partial charge in [0, 0.05) is 12.0 Å². The molecule has 0 spiro atoms. The highest BCUT2D eigenvalue weighted by Gasteiger charge is 2.32. The number of hydrogen-bond acceptors (Lipinski definition) is 6. The summed E-state index contributed by atoms with van der Waals surface area (Å²) in [6.45, 7) is 0. The average Bonchev–Trinajstić information content (AvgIpc) is 3.04. The Balaban J connectivity index is 1.83. The molecule has 132 valence electrons. The van der Waals surface area contributed by atoms with Crippen LogP contribution in [0.2, 0.25) is 0 Å². The molecule has 2 aromatic rings. The molecule has 1 aromatic heterocycles. The van der Waals surface area contributed by atoms with Gasteiger partial charge in [-0.3, -0.25) is 0 Å². The minimum Gasteiger partial charge on any atom is -0.313 e. The largest absolute Gasteiger partial charge is 0.416 e. The van der Waals surface area contributed by atoms with E-state index in [-0.39, 0.29) is 27.7 Å². The topological polar surface area (TPSA) is 72.8 Å². The van der Waals surface area contributed by atoms with Gasteiger partial charge < -0.3 is 4.84 Å². The van der Waals surface area contributed by atoms with E-state index in [1.807, 2.05) is 0 Å². The number of oxime groups is 1. The van der Waals surface area contributed by atoms with Crippen LogP contribution < -0.4 is 0 Å². The van der Waals surface area contributed by atoms with E-state index >= 15 is 0 Å². The SMILES string of the molecule is O=C(O/N=C1\CCS(=O)(=O)c2sccc21)c1cccc(C(F)(F)F)c1. The third-order valence-corrected chi connectivity index (χ3v) is 6.78. The molecule has 2 heterocycles. The number of hydrogen-bond donors (Lipinski definition) is 0. The van der Waals surface area contributed by atoms with Gasteiger partial charge in [-0.1, -0.05) is 11.2 Å². The van der Waals surface area contributed by atoms with E-state index in [4.69, 9.17) is 4.84 Å². The molecule has 1 aliphatic rings. The van der Waals surface area contributed by atoms with E-state index in [0.29, 0.717) is 11.6 Å². The Morgan fingerprint density at radius 1 is 1.24 bits per heavy atom. The number of carbonyl (C=O) groups excluding carboxylic acids is 1. The van der Waals surface area contributed by atoms with Gasteiger partial charge in [0.25, 0.3) is 0 Å². The van der Waals surface area contributed by atoms with E-state index in [1.165, 1.54) is 6.07 Å². The van der Waals surface area contributed by atoms with E-state index in [1.54, 1.807) is 11.4 Å². The molecular weight excluding hydrogens is 379 g/mol. The number of carbonyl (C=O) groups is 1. The van der Waals surface area contributed by atoms with Crippen LogP contribution in [0, 0.1) is 0 Å². The van der Waals surface area contributed by atoms with Crippen molar-refractivity contribution >= 4 is 32.9 Å². The van der Waals surface area contributed by atoms with Crippen LogP contribution >= 0.6 is 11.3 Å². The highest BCUT2D eigenvalue weighted by Crippen LogP contribution is 2.31. The number of nitrogens with zero attached hydrogens (tertiary/aromatic N) is 1. The third-order valence-electron chi connectivity index (χ3n) is 3.50. The smallest absolute Gasteiger partial charge is 0.313 e. The number of thiophene rings is 1. The molecule has 0 atom stereocenters. The molecule has 25 heavy (non-hydrogen) atoms. The molecule has 0 saturated carbocycles. The molecule has 0 amide bonds. The Morgan fingerprint density at radius 3 is 2.72 bits per heavy atom. The summed E-state index contributed by atoms with van der Waals surface area (Å²) in [5, 5.41) is 5.24. The van der Waals surface area contributed by atoms with Crippen molar-refractivity contribution in [2.45, 2.75) is 16.8 Å². The van der Waals surface area contributed by atoms with Crippen molar-refractivity contribution in [2.24, 2.45) is 5.16 Å². The molecule has 0 bridgehead atoms. The zero-order valence-electron chi connectivity index (χ0n) is 12.4. The molecule has 1 aliphatic heterocycles. The summed E-state index contributed by atoms with van der Waals surface area (Å²) in [6, 6.07) is 5.33. The lowest BCUT2D eigenvalue weighted by atomic mass is 10.1. The molecule has 0 fully saturated rings. The molecule has 0 radical (unpaired) electrons. The summed E-state index contributed by atoms with van der Waals surface area (Å²) in [5.74, 6) is -1.22. The fourth-order valence-electron chi connectivity index (χ4n) is 2.28. The maximum atomic E-state index is 12.7. The zero-order chi connectivity index (χ0) is 18.2. The normalized spacial score (nSPS) is 18.0. The average molecular weight is 389 g/mol. The highest BCUT2D eigenvalue weighted by molar-refractivity contribution is 7.93. The fraction of sp³-hybridized carbons (Fsp3) is 0.200. The summed E-state index contributed by atoms with van der Waals surface area (Å²) in [6.07, 6.45) is -4.52. The Morgan fingerprint density at radius 2 is 2.00 bits per heavy atom. The number of rotatable bonds is 2. The van der Waals surface area contributed by atoms with E-state index in [0.717, 1.165) is 23.5 Å². The Hall–Kier alpha value is -2.20. The molecular formula is C15H10F3NO4S2.